The lowest BCUT2D eigenvalue weighted by molar-refractivity contribution is -0.301. The molecule has 1 atom stereocenters. The van der Waals surface area contributed by atoms with Crippen LogP contribution in [0.25, 0.3) is 0 Å². The lowest BCUT2D eigenvalue weighted by Crippen LogP contribution is -2.42. The summed E-state index contributed by atoms with van der Waals surface area (Å²) >= 11 is 0. The summed E-state index contributed by atoms with van der Waals surface area (Å²) in [5.41, 5.74) is 0. The summed E-state index contributed by atoms with van der Waals surface area (Å²) in [4.78, 5) is 0. The normalized spacial score (nSPS) is 28.8. The van der Waals surface area contributed by atoms with Crippen LogP contribution in [-0.4, -0.2) is 12.1 Å². The third kappa shape index (κ3) is 5.08. The molecule has 0 saturated heterocycles. The number of halogens is 5. The SMILES string of the molecule is CC(CCCC1CCC(C2CCCCC2)CC1)C(F)(F)C(F)(F)F. The smallest absolute Gasteiger partial charge is 0.196 e. The number of rotatable bonds is 6. The van der Waals surface area contributed by atoms with Crippen LogP contribution in [-0.2, 0) is 0 Å². The van der Waals surface area contributed by atoms with Crippen molar-refractivity contribution in [3.8, 4) is 0 Å². The van der Waals surface area contributed by atoms with Crippen LogP contribution in [0.3, 0.4) is 0 Å². The Kier molecular flexibility index (Phi) is 6.95. The molecule has 0 aromatic rings. The Bertz CT molecular complexity index is 362. The first-order valence-corrected chi connectivity index (χ1v) is 9.66. The maximum Gasteiger partial charge on any atom is 0.453 e. The zero-order valence-corrected chi connectivity index (χ0v) is 14.7. The van der Waals surface area contributed by atoms with Crippen LogP contribution in [0.2, 0.25) is 0 Å². The van der Waals surface area contributed by atoms with Gasteiger partial charge in [-0.25, -0.2) is 0 Å². The van der Waals surface area contributed by atoms with Crippen molar-refractivity contribution in [2.24, 2.45) is 23.7 Å². The molecule has 2 aliphatic rings. The van der Waals surface area contributed by atoms with E-state index in [-0.39, 0.29) is 6.42 Å². The molecule has 24 heavy (non-hydrogen) atoms. The molecule has 0 bridgehead atoms. The fourth-order valence-corrected chi connectivity index (χ4v) is 4.73. The first-order valence-electron chi connectivity index (χ1n) is 9.66. The number of hydrogen-bond donors (Lipinski definition) is 0. The largest absolute Gasteiger partial charge is 0.453 e. The molecule has 2 aliphatic carbocycles. The van der Waals surface area contributed by atoms with Crippen molar-refractivity contribution in [3.63, 3.8) is 0 Å². The first-order chi connectivity index (χ1) is 11.2. The molecule has 2 rings (SSSR count). The molecule has 0 nitrogen and oxygen atoms in total. The second-order valence-corrected chi connectivity index (χ2v) is 8.13. The summed E-state index contributed by atoms with van der Waals surface area (Å²) in [6.45, 7) is 1.02. The average Bonchev–Trinajstić information content (AvgIpc) is 2.55. The minimum Gasteiger partial charge on any atom is -0.196 e. The van der Waals surface area contributed by atoms with Crippen molar-refractivity contribution < 1.29 is 22.0 Å². The van der Waals surface area contributed by atoms with Gasteiger partial charge in [0.1, 0.15) is 0 Å². The maximum atomic E-state index is 13.2. The number of hydrogen-bond acceptors (Lipinski definition) is 0. The molecule has 142 valence electrons. The second-order valence-electron chi connectivity index (χ2n) is 8.13. The average molecular weight is 354 g/mol. The molecule has 0 aromatic carbocycles. The van der Waals surface area contributed by atoms with E-state index >= 15 is 0 Å². The van der Waals surface area contributed by atoms with Gasteiger partial charge in [0, 0.05) is 5.92 Å². The molecule has 0 N–H and O–H groups in total. The van der Waals surface area contributed by atoms with E-state index in [1.165, 1.54) is 44.9 Å². The molecule has 0 radical (unpaired) electrons. The summed E-state index contributed by atoms with van der Waals surface area (Å²) in [7, 11) is 0. The molecule has 2 saturated carbocycles. The van der Waals surface area contributed by atoms with E-state index < -0.39 is 18.0 Å². The highest BCUT2D eigenvalue weighted by atomic mass is 19.4. The van der Waals surface area contributed by atoms with Gasteiger partial charge in [-0.3, -0.25) is 0 Å². The predicted molar refractivity (Wildman–Crippen MR) is 86.0 cm³/mol. The van der Waals surface area contributed by atoms with Gasteiger partial charge in [-0.1, -0.05) is 64.7 Å². The van der Waals surface area contributed by atoms with Gasteiger partial charge in [-0.15, -0.1) is 0 Å². The van der Waals surface area contributed by atoms with Crippen molar-refractivity contribution in [1.82, 2.24) is 0 Å². The summed E-state index contributed by atoms with van der Waals surface area (Å²) in [5, 5.41) is 0. The second kappa shape index (κ2) is 8.35. The minimum atomic E-state index is -5.43. The molecule has 5 heteroatoms. The third-order valence-electron chi connectivity index (χ3n) is 6.45. The molecule has 0 aliphatic heterocycles. The van der Waals surface area contributed by atoms with Gasteiger partial charge in [0.2, 0.25) is 0 Å². The van der Waals surface area contributed by atoms with Gasteiger partial charge < -0.3 is 0 Å². The van der Waals surface area contributed by atoms with Gasteiger partial charge in [0.15, 0.2) is 0 Å². The molecule has 0 amide bonds. The third-order valence-corrected chi connectivity index (χ3v) is 6.45. The molecular formula is C19H31F5. The van der Waals surface area contributed by atoms with Crippen LogP contribution in [0.4, 0.5) is 22.0 Å². The molecule has 1 unspecified atom stereocenters. The molecule has 0 heterocycles. The van der Waals surface area contributed by atoms with Gasteiger partial charge >= 0.3 is 12.1 Å². The van der Waals surface area contributed by atoms with Crippen LogP contribution in [0.5, 0.6) is 0 Å². The summed E-state index contributed by atoms with van der Waals surface area (Å²) in [5.74, 6) is -3.96. The highest BCUT2D eigenvalue weighted by Crippen LogP contribution is 2.44. The lowest BCUT2D eigenvalue weighted by atomic mass is 9.70. The van der Waals surface area contributed by atoms with Gasteiger partial charge in [-0.2, -0.15) is 22.0 Å². The van der Waals surface area contributed by atoms with Crippen LogP contribution in [0, 0.1) is 23.7 Å². The zero-order chi connectivity index (χ0) is 17.8. The topological polar surface area (TPSA) is 0 Å². The van der Waals surface area contributed by atoms with Crippen LogP contribution in [0.15, 0.2) is 0 Å². The van der Waals surface area contributed by atoms with E-state index in [4.69, 9.17) is 0 Å². The summed E-state index contributed by atoms with van der Waals surface area (Å²) < 4.78 is 63.5. The van der Waals surface area contributed by atoms with Crippen molar-refractivity contribution in [1.29, 1.82) is 0 Å². The monoisotopic (exact) mass is 354 g/mol. The van der Waals surface area contributed by atoms with Crippen molar-refractivity contribution in [2.45, 2.75) is 96.1 Å². The van der Waals surface area contributed by atoms with Crippen molar-refractivity contribution in [3.05, 3.63) is 0 Å². The predicted octanol–water partition coefficient (Wildman–Crippen LogP) is 7.38. The minimum absolute atomic E-state index is 0.0466. The fraction of sp³-hybridized carbons (Fsp3) is 1.00. The maximum absolute atomic E-state index is 13.2. The lowest BCUT2D eigenvalue weighted by Gasteiger charge is -2.36. The van der Waals surface area contributed by atoms with E-state index in [1.54, 1.807) is 0 Å². The van der Waals surface area contributed by atoms with Gasteiger partial charge in [-0.05, 0) is 37.0 Å². The van der Waals surface area contributed by atoms with Crippen molar-refractivity contribution in [2.75, 3.05) is 0 Å². The Morgan fingerprint density at radius 3 is 1.88 bits per heavy atom. The van der Waals surface area contributed by atoms with Crippen LogP contribution < -0.4 is 0 Å². The Morgan fingerprint density at radius 2 is 1.33 bits per heavy atom. The van der Waals surface area contributed by atoms with E-state index in [2.05, 4.69) is 0 Å². The summed E-state index contributed by atoms with van der Waals surface area (Å²) in [6, 6.07) is 0. The van der Waals surface area contributed by atoms with Gasteiger partial charge in [0.05, 0.1) is 0 Å². The molecule has 2 fully saturated rings. The molecule has 0 spiro atoms. The molecular weight excluding hydrogens is 323 g/mol. The standard InChI is InChI=1S/C19H31F5/c1-14(18(20,21)19(22,23)24)6-5-7-15-10-12-17(13-11-15)16-8-3-2-4-9-16/h14-17H,2-13H2,1H3. The van der Waals surface area contributed by atoms with Crippen LogP contribution >= 0.6 is 0 Å². The van der Waals surface area contributed by atoms with E-state index in [0.717, 1.165) is 38.0 Å². The van der Waals surface area contributed by atoms with E-state index in [1.807, 2.05) is 0 Å². The Labute approximate surface area is 142 Å². The zero-order valence-electron chi connectivity index (χ0n) is 14.7. The Hall–Kier alpha value is -0.350. The highest BCUT2D eigenvalue weighted by Gasteiger charge is 2.60. The Morgan fingerprint density at radius 1 is 0.792 bits per heavy atom. The van der Waals surface area contributed by atoms with E-state index in [0.29, 0.717) is 12.3 Å². The quantitative estimate of drug-likeness (QED) is 0.437. The fourth-order valence-electron chi connectivity index (χ4n) is 4.73. The molecule has 0 aromatic heterocycles. The Balaban J connectivity index is 1.66. The van der Waals surface area contributed by atoms with Crippen LogP contribution in [0.1, 0.15) is 84.0 Å². The van der Waals surface area contributed by atoms with Gasteiger partial charge in [0.25, 0.3) is 0 Å². The first kappa shape index (κ1) is 20.0. The van der Waals surface area contributed by atoms with Crippen molar-refractivity contribution >= 4 is 0 Å². The number of alkyl halides is 5. The highest BCUT2D eigenvalue weighted by molar-refractivity contribution is 4.83. The van der Waals surface area contributed by atoms with E-state index in [9.17, 15) is 22.0 Å². The summed E-state index contributed by atoms with van der Waals surface area (Å²) in [6.07, 6.45) is 7.32.